The van der Waals surface area contributed by atoms with E-state index in [-0.39, 0.29) is 18.4 Å². The van der Waals surface area contributed by atoms with Gasteiger partial charge < -0.3 is 15.0 Å². The average Bonchev–Trinajstić information content (AvgIpc) is 2.96. The summed E-state index contributed by atoms with van der Waals surface area (Å²) in [7, 11) is 0. The summed E-state index contributed by atoms with van der Waals surface area (Å²) in [5.74, 6) is 2.25. The highest BCUT2D eigenvalue weighted by atomic mass is 79.9. The van der Waals surface area contributed by atoms with Crippen LogP contribution in [0.3, 0.4) is 0 Å². The summed E-state index contributed by atoms with van der Waals surface area (Å²) >= 11 is 4.90. The second kappa shape index (κ2) is 7.72. The number of nitrogens with zero attached hydrogens (tertiary/aromatic N) is 1. The number of benzene rings is 2. The summed E-state index contributed by atoms with van der Waals surface area (Å²) < 4.78 is 6.71. The summed E-state index contributed by atoms with van der Waals surface area (Å²) in [6, 6.07) is 14.7. The Bertz CT molecular complexity index is 735. The van der Waals surface area contributed by atoms with Crippen LogP contribution in [-0.4, -0.2) is 34.9 Å². The van der Waals surface area contributed by atoms with Gasteiger partial charge >= 0.3 is 0 Å². The molecule has 124 valence electrons. The molecule has 2 aromatic carbocycles. The molecule has 5 nitrogen and oxygen atoms in total. The van der Waals surface area contributed by atoms with E-state index in [0.29, 0.717) is 23.1 Å². The van der Waals surface area contributed by atoms with Gasteiger partial charge in [-0.05, 0) is 48.5 Å². The maximum Gasteiger partial charge on any atom is 0.244 e. The van der Waals surface area contributed by atoms with Crippen molar-refractivity contribution in [1.82, 2.24) is 4.90 Å². The molecule has 1 aliphatic heterocycles. The van der Waals surface area contributed by atoms with Crippen molar-refractivity contribution in [3.8, 4) is 11.5 Å². The predicted octanol–water partition coefficient (Wildman–Crippen LogP) is 3.71. The van der Waals surface area contributed by atoms with Gasteiger partial charge in [0.05, 0.1) is 11.6 Å². The first-order chi connectivity index (χ1) is 11.6. The average molecular weight is 407 g/mol. The van der Waals surface area contributed by atoms with E-state index in [2.05, 4.69) is 21.2 Å². The number of rotatable bonds is 5. The number of thioether (sulfide) groups is 1. The van der Waals surface area contributed by atoms with Gasteiger partial charge in [0.25, 0.3) is 0 Å². The zero-order valence-corrected chi connectivity index (χ0v) is 15.1. The largest absolute Gasteiger partial charge is 0.457 e. The molecule has 1 aliphatic rings. The molecular formula is C17H15BrN2O3S. The molecule has 0 aromatic heterocycles. The fourth-order valence-electron chi connectivity index (χ4n) is 2.16. The second-order valence-corrected chi connectivity index (χ2v) is 7.07. The topological polar surface area (TPSA) is 58.6 Å². The minimum atomic E-state index is -0.201. The number of carbonyl (C=O) groups is 2. The molecule has 1 N–H and O–H groups in total. The van der Waals surface area contributed by atoms with E-state index in [9.17, 15) is 9.59 Å². The molecule has 0 unspecified atom stereocenters. The minimum absolute atomic E-state index is 0.00777. The highest BCUT2D eigenvalue weighted by Crippen LogP contribution is 2.24. The Morgan fingerprint density at radius 3 is 2.33 bits per heavy atom. The zero-order valence-electron chi connectivity index (χ0n) is 12.7. The van der Waals surface area contributed by atoms with Crippen LogP contribution in [-0.2, 0) is 9.59 Å². The third-order valence-corrected chi connectivity index (χ3v) is 4.82. The Labute approximate surface area is 152 Å². The summed E-state index contributed by atoms with van der Waals surface area (Å²) in [5.41, 5.74) is 0.669. The van der Waals surface area contributed by atoms with E-state index < -0.39 is 0 Å². The van der Waals surface area contributed by atoms with Gasteiger partial charge in [-0.2, -0.15) is 0 Å². The first-order valence-corrected chi connectivity index (χ1v) is 9.24. The van der Waals surface area contributed by atoms with E-state index >= 15 is 0 Å². The first-order valence-electron chi connectivity index (χ1n) is 7.29. The fraction of sp³-hybridized carbons (Fsp3) is 0.176. The van der Waals surface area contributed by atoms with Gasteiger partial charge in [0.1, 0.15) is 18.0 Å². The maximum atomic E-state index is 12.0. The molecule has 1 saturated heterocycles. The van der Waals surface area contributed by atoms with Gasteiger partial charge in [0.15, 0.2) is 0 Å². The molecule has 2 amide bonds. The standard InChI is InChI=1S/C17H15BrN2O3S/c18-12-1-5-14(6-2-12)23-15-7-3-13(4-8-15)19-16(21)9-20-11-24-10-17(20)22/h1-8H,9-11H2,(H,19,21). The van der Waals surface area contributed by atoms with Crippen LogP contribution in [0.25, 0.3) is 0 Å². The number of amides is 2. The zero-order chi connectivity index (χ0) is 16.9. The van der Waals surface area contributed by atoms with Crippen LogP contribution in [0.1, 0.15) is 0 Å². The summed E-state index contributed by atoms with van der Waals surface area (Å²) in [6.45, 7) is 0.0863. The highest BCUT2D eigenvalue weighted by Gasteiger charge is 2.22. The van der Waals surface area contributed by atoms with Crippen LogP contribution in [0.5, 0.6) is 11.5 Å². The molecule has 1 fully saturated rings. The minimum Gasteiger partial charge on any atom is -0.457 e. The van der Waals surface area contributed by atoms with Crippen molar-refractivity contribution in [2.45, 2.75) is 0 Å². The quantitative estimate of drug-likeness (QED) is 0.821. The van der Waals surface area contributed by atoms with Crippen molar-refractivity contribution < 1.29 is 14.3 Å². The predicted molar refractivity (Wildman–Crippen MR) is 98.3 cm³/mol. The monoisotopic (exact) mass is 406 g/mol. The molecule has 7 heteroatoms. The van der Waals surface area contributed by atoms with E-state index in [1.54, 1.807) is 29.2 Å². The van der Waals surface area contributed by atoms with Crippen LogP contribution >= 0.6 is 27.7 Å². The first kappa shape index (κ1) is 16.9. The van der Waals surface area contributed by atoms with Gasteiger partial charge in [-0.1, -0.05) is 15.9 Å². The number of anilines is 1. The number of carbonyl (C=O) groups excluding carboxylic acids is 2. The molecule has 0 radical (unpaired) electrons. The molecule has 0 atom stereocenters. The van der Waals surface area contributed by atoms with Crippen molar-refractivity contribution in [1.29, 1.82) is 0 Å². The van der Waals surface area contributed by atoms with E-state index in [0.717, 1.165) is 10.2 Å². The van der Waals surface area contributed by atoms with E-state index in [4.69, 9.17) is 4.74 Å². The lowest BCUT2D eigenvalue weighted by atomic mass is 10.3. The maximum absolute atomic E-state index is 12.0. The van der Waals surface area contributed by atoms with E-state index in [1.165, 1.54) is 11.8 Å². The van der Waals surface area contributed by atoms with E-state index in [1.807, 2.05) is 24.3 Å². The molecule has 1 heterocycles. The summed E-state index contributed by atoms with van der Waals surface area (Å²) in [5, 5.41) is 2.78. The van der Waals surface area contributed by atoms with Gasteiger partial charge in [0, 0.05) is 10.2 Å². The van der Waals surface area contributed by atoms with Crippen LogP contribution in [0, 0.1) is 0 Å². The van der Waals surface area contributed by atoms with Gasteiger partial charge in [0.2, 0.25) is 11.8 Å². The molecule has 3 rings (SSSR count). The summed E-state index contributed by atoms with van der Waals surface area (Å²) in [4.78, 5) is 25.0. The van der Waals surface area contributed by atoms with Crippen molar-refractivity contribution in [3.63, 3.8) is 0 Å². The van der Waals surface area contributed by atoms with Crippen molar-refractivity contribution in [2.24, 2.45) is 0 Å². The molecular weight excluding hydrogens is 392 g/mol. The molecule has 0 saturated carbocycles. The highest BCUT2D eigenvalue weighted by molar-refractivity contribution is 9.10. The smallest absolute Gasteiger partial charge is 0.244 e. The number of halogens is 1. The van der Waals surface area contributed by atoms with Crippen molar-refractivity contribution in [3.05, 3.63) is 53.0 Å². The van der Waals surface area contributed by atoms with Crippen LogP contribution < -0.4 is 10.1 Å². The lowest BCUT2D eigenvalue weighted by molar-refractivity contribution is -0.130. The normalized spacial score (nSPS) is 13.9. The Morgan fingerprint density at radius 1 is 1.12 bits per heavy atom. The van der Waals surface area contributed by atoms with Crippen LogP contribution in [0.4, 0.5) is 5.69 Å². The lowest BCUT2D eigenvalue weighted by Gasteiger charge is -2.14. The lowest BCUT2D eigenvalue weighted by Crippen LogP contribution is -2.34. The fourth-order valence-corrected chi connectivity index (χ4v) is 3.33. The number of ether oxygens (including phenoxy) is 1. The Morgan fingerprint density at radius 2 is 1.75 bits per heavy atom. The molecule has 0 spiro atoms. The molecule has 24 heavy (non-hydrogen) atoms. The van der Waals surface area contributed by atoms with Crippen molar-refractivity contribution in [2.75, 3.05) is 23.5 Å². The third kappa shape index (κ3) is 4.52. The Hall–Kier alpha value is -1.99. The molecule has 0 aliphatic carbocycles. The SMILES string of the molecule is O=C(CN1CSCC1=O)Nc1ccc(Oc2ccc(Br)cc2)cc1. The van der Waals surface area contributed by atoms with Crippen molar-refractivity contribution >= 4 is 45.2 Å². The molecule has 2 aromatic rings. The third-order valence-electron chi connectivity index (χ3n) is 3.35. The van der Waals surface area contributed by atoms with Gasteiger partial charge in [-0.25, -0.2) is 0 Å². The number of hydrogen-bond acceptors (Lipinski definition) is 4. The Balaban J connectivity index is 1.55. The molecule has 0 bridgehead atoms. The second-order valence-electron chi connectivity index (χ2n) is 5.20. The number of hydrogen-bond donors (Lipinski definition) is 1. The van der Waals surface area contributed by atoms with Crippen LogP contribution in [0.15, 0.2) is 53.0 Å². The Kier molecular flexibility index (Phi) is 5.42. The van der Waals surface area contributed by atoms with Gasteiger partial charge in [-0.15, -0.1) is 11.8 Å². The van der Waals surface area contributed by atoms with Gasteiger partial charge in [-0.3, -0.25) is 9.59 Å². The van der Waals surface area contributed by atoms with Crippen LogP contribution in [0.2, 0.25) is 0 Å². The number of nitrogens with one attached hydrogen (secondary N) is 1. The summed E-state index contributed by atoms with van der Waals surface area (Å²) in [6.07, 6.45) is 0.